The van der Waals surface area contributed by atoms with Gasteiger partial charge < -0.3 is 9.64 Å². The van der Waals surface area contributed by atoms with Crippen molar-refractivity contribution in [2.24, 2.45) is 0 Å². The van der Waals surface area contributed by atoms with Crippen molar-refractivity contribution in [3.63, 3.8) is 0 Å². The minimum Gasteiger partial charge on any atom is -0.475 e. The molecule has 4 nitrogen and oxygen atoms in total. The molecule has 1 aliphatic heterocycles. The molecule has 0 fully saturated rings. The zero-order valence-electron chi connectivity index (χ0n) is 11.3. The molecule has 4 heteroatoms. The maximum absolute atomic E-state index is 12.7. The maximum atomic E-state index is 12.7. The lowest BCUT2D eigenvalue weighted by Gasteiger charge is -2.41. The first kappa shape index (κ1) is 13.4. The van der Waals surface area contributed by atoms with Crippen molar-refractivity contribution >= 4 is 11.6 Å². The van der Waals surface area contributed by atoms with Gasteiger partial charge in [0.15, 0.2) is 5.60 Å². The number of anilines is 1. The first-order chi connectivity index (χ1) is 9.18. The van der Waals surface area contributed by atoms with E-state index < -0.39 is 5.60 Å². The number of hydrogen-bond acceptors (Lipinski definition) is 3. The smallest absolute Gasteiger partial charge is 0.271 e. The van der Waals surface area contributed by atoms with Gasteiger partial charge in [-0.2, -0.15) is 5.26 Å². The van der Waals surface area contributed by atoms with Crippen LogP contribution in [-0.4, -0.2) is 18.1 Å². The van der Waals surface area contributed by atoms with Crippen molar-refractivity contribution in [3.05, 3.63) is 24.3 Å². The molecule has 0 atom stereocenters. The lowest BCUT2D eigenvalue weighted by Crippen LogP contribution is -2.55. The highest BCUT2D eigenvalue weighted by atomic mass is 16.5. The lowest BCUT2D eigenvalue weighted by atomic mass is 9.92. The van der Waals surface area contributed by atoms with E-state index in [1.807, 2.05) is 38.1 Å². The van der Waals surface area contributed by atoms with Crippen LogP contribution in [0.5, 0.6) is 5.75 Å². The molecule has 1 heterocycles. The van der Waals surface area contributed by atoms with Crippen molar-refractivity contribution in [3.8, 4) is 11.8 Å². The molecule has 0 N–H and O–H groups in total. The third kappa shape index (κ3) is 2.17. The standard InChI is InChI=1S/C15H18N2O2/c1-3-15(4-2)14(18)17(11-7-10-16)12-8-5-6-9-13(12)19-15/h5-6,8-9H,3-4,7,11H2,1-2H3. The van der Waals surface area contributed by atoms with Gasteiger partial charge in [0.25, 0.3) is 5.91 Å². The fourth-order valence-electron chi connectivity index (χ4n) is 2.46. The topological polar surface area (TPSA) is 53.3 Å². The van der Waals surface area contributed by atoms with Gasteiger partial charge in [0.05, 0.1) is 18.2 Å². The molecule has 0 aliphatic carbocycles. The number of fused-ring (bicyclic) bond motifs is 1. The van der Waals surface area contributed by atoms with Crippen molar-refractivity contribution in [2.45, 2.75) is 38.7 Å². The summed E-state index contributed by atoms with van der Waals surface area (Å²) in [5.74, 6) is 0.690. The number of nitriles is 1. The van der Waals surface area contributed by atoms with E-state index >= 15 is 0 Å². The highest BCUT2D eigenvalue weighted by molar-refractivity contribution is 6.02. The molecular weight excluding hydrogens is 240 g/mol. The molecule has 0 bridgehead atoms. The number of rotatable bonds is 4. The van der Waals surface area contributed by atoms with E-state index in [1.54, 1.807) is 4.90 Å². The van der Waals surface area contributed by atoms with Gasteiger partial charge in [0.1, 0.15) is 5.75 Å². The van der Waals surface area contributed by atoms with Gasteiger partial charge in [-0.05, 0) is 25.0 Å². The largest absolute Gasteiger partial charge is 0.475 e. The molecule has 0 unspecified atom stereocenters. The van der Waals surface area contributed by atoms with Crippen molar-refractivity contribution in [2.75, 3.05) is 11.4 Å². The van der Waals surface area contributed by atoms with Gasteiger partial charge >= 0.3 is 0 Å². The normalized spacial score (nSPS) is 16.5. The molecular formula is C15H18N2O2. The molecule has 1 amide bonds. The van der Waals surface area contributed by atoms with Crippen LogP contribution >= 0.6 is 0 Å². The van der Waals surface area contributed by atoms with E-state index in [1.165, 1.54) is 0 Å². The van der Waals surface area contributed by atoms with Gasteiger partial charge in [-0.3, -0.25) is 4.79 Å². The Morgan fingerprint density at radius 3 is 2.63 bits per heavy atom. The Labute approximate surface area is 113 Å². The number of hydrogen-bond donors (Lipinski definition) is 0. The third-order valence-electron chi connectivity index (χ3n) is 3.69. The number of carbonyl (C=O) groups excluding carboxylic acids is 1. The minimum absolute atomic E-state index is 0.0357. The van der Waals surface area contributed by atoms with Crippen LogP contribution in [0, 0.1) is 11.3 Å². The first-order valence-corrected chi connectivity index (χ1v) is 6.65. The molecule has 0 radical (unpaired) electrons. The van der Waals surface area contributed by atoms with E-state index in [9.17, 15) is 4.79 Å². The monoisotopic (exact) mass is 258 g/mol. The maximum Gasteiger partial charge on any atom is 0.271 e. The van der Waals surface area contributed by atoms with Crippen LogP contribution in [0.25, 0.3) is 0 Å². The van der Waals surface area contributed by atoms with Crippen LogP contribution in [0.1, 0.15) is 33.1 Å². The Morgan fingerprint density at radius 1 is 1.32 bits per heavy atom. The van der Waals surface area contributed by atoms with Crippen LogP contribution < -0.4 is 9.64 Å². The van der Waals surface area contributed by atoms with Crippen LogP contribution in [-0.2, 0) is 4.79 Å². The molecule has 0 spiro atoms. The zero-order chi connectivity index (χ0) is 13.9. The predicted molar refractivity (Wildman–Crippen MR) is 73.0 cm³/mol. The summed E-state index contributed by atoms with van der Waals surface area (Å²) in [5.41, 5.74) is -0.0237. The van der Waals surface area contributed by atoms with Crippen LogP contribution in [0.15, 0.2) is 24.3 Å². The van der Waals surface area contributed by atoms with Gasteiger partial charge in [-0.15, -0.1) is 0 Å². The Bertz CT molecular complexity index is 515. The first-order valence-electron chi connectivity index (χ1n) is 6.65. The number of nitrogens with zero attached hydrogens (tertiary/aromatic N) is 2. The van der Waals surface area contributed by atoms with Gasteiger partial charge in [-0.1, -0.05) is 26.0 Å². The van der Waals surface area contributed by atoms with E-state index in [2.05, 4.69) is 6.07 Å². The number of amides is 1. The predicted octanol–water partition coefficient (Wildman–Crippen LogP) is 2.88. The molecule has 0 saturated carbocycles. The highest BCUT2D eigenvalue weighted by Crippen LogP contribution is 2.40. The quantitative estimate of drug-likeness (QED) is 0.834. The summed E-state index contributed by atoms with van der Waals surface area (Å²) in [6, 6.07) is 9.60. The average molecular weight is 258 g/mol. The number of para-hydroxylation sites is 2. The minimum atomic E-state index is -0.788. The Hall–Kier alpha value is -2.02. The zero-order valence-corrected chi connectivity index (χ0v) is 11.3. The van der Waals surface area contributed by atoms with E-state index in [4.69, 9.17) is 10.00 Å². The summed E-state index contributed by atoms with van der Waals surface area (Å²) in [5, 5.41) is 8.76. The summed E-state index contributed by atoms with van der Waals surface area (Å²) in [4.78, 5) is 14.4. The molecule has 0 saturated heterocycles. The van der Waals surface area contributed by atoms with E-state index in [0.717, 1.165) is 11.4 Å². The molecule has 100 valence electrons. The number of ether oxygens (including phenoxy) is 1. The molecule has 0 aromatic heterocycles. The molecule has 1 aromatic carbocycles. The summed E-state index contributed by atoms with van der Waals surface area (Å²) in [7, 11) is 0. The summed E-state index contributed by atoms with van der Waals surface area (Å²) in [6.07, 6.45) is 1.57. The third-order valence-corrected chi connectivity index (χ3v) is 3.69. The molecule has 1 aromatic rings. The van der Waals surface area contributed by atoms with Gasteiger partial charge in [0, 0.05) is 6.54 Å². The number of benzene rings is 1. The van der Waals surface area contributed by atoms with Crippen LogP contribution in [0.2, 0.25) is 0 Å². The second-order valence-electron chi connectivity index (χ2n) is 4.64. The summed E-state index contributed by atoms with van der Waals surface area (Å²) >= 11 is 0. The fourth-order valence-corrected chi connectivity index (χ4v) is 2.46. The average Bonchev–Trinajstić information content (AvgIpc) is 2.46. The number of carbonyl (C=O) groups is 1. The Morgan fingerprint density at radius 2 is 2.00 bits per heavy atom. The highest BCUT2D eigenvalue weighted by Gasteiger charge is 2.45. The molecule has 1 aliphatic rings. The van der Waals surface area contributed by atoms with E-state index in [-0.39, 0.29) is 5.91 Å². The Kier molecular flexibility index (Phi) is 3.75. The fraction of sp³-hybridized carbons (Fsp3) is 0.467. The Balaban J connectivity index is 2.46. The van der Waals surface area contributed by atoms with Crippen LogP contribution in [0.4, 0.5) is 5.69 Å². The van der Waals surface area contributed by atoms with Crippen molar-refractivity contribution in [1.29, 1.82) is 5.26 Å². The molecule has 2 rings (SSSR count). The summed E-state index contributed by atoms with van der Waals surface area (Å²) < 4.78 is 5.97. The van der Waals surface area contributed by atoms with Crippen molar-refractivity contribution < 1.29 is 9.53 Å². The second-order valence-corrected chi connectivity index (χ2v) is 4.64. The SMILES string of the molecule is CCC1(CC)Oc2ccccc2N(CCC#N)C1=O. The van der Waals surface area contributed by atoms with Gasteiger partial charge in [0.2, 0.25) is 0 Å². The van der Waals surface area contributed by atoms with Crippen molar-refractivity contribution in [1.82, 2.24) is 0 Å². The van der Waals surface area contributed by atoms with Crippen LogP contribution in [0.3, 0.4) is 0 Å². The molecule has 19 heavy (non-hydrogen) atoms. The summed E-state index contributed by atoms with van der Waals surface area (Å²) in [6.45, 7) is 4.33. The lowest BCUT2D eigenvalue weighted by molar-refractivity contribution is -0.136. The van der Waals surface area contributed by atoms with Gasteiger partial charge in [-0.25, -0.2) is 0 Å². The second kappa shape index (κ2) is 5.31. The van der Waals surface area contributed by atoms with E-state index in [0.29, 0.717) is 25.8 Å².